The van der Waals surface area contributed by atoms with Crippen molar-refractivity contribution in [3.05, 3.63) is 53.1 Å². The number of rotatable bonds is 2. The lowest BCUT2D eigenvalue weighted by molar-refractivity contribution is 0.102. The maximum atomic E-state index is 12.0. The summed E-state index contributed by atoms with van der Waals surface area (Å²) in [5, 5.41) is 12.2. The van der Waals surface area contributed by atoms with E-state index in [9.17, 15) is 9.90 Å². The molecule has 0 atom stereocenters. The molecule has 4 N–H and O–H groups in total. The molecule has 0 aliphatic rings. The molecule has 0 unspecified atom stereocenters. The van der Waals surface area contributed by atoms with Gasteiger partial charge in [-0.05, 0) is 24.3 Å². The third kappa shape index (κ3) is 2.55. The van der Waals surface area contributed by atoms with Gasteiger partial charge in [0, 0.05) is 6.07 Å². The van der Waals surface area contributed by atoms with Gasteiger partial charge < -0.3 is 16.2 Å². The van der Waals surface area contributed by atoms with E-state index in [0.717, 1.165) is 0 Å². The predicted octanol–water partition coefficient (Wildman–Crippen LogP) is 2.88. The lowest BCUT2D eigenvalue weighted by Crippen LogP contribution is -2.13. The highest BCUT2D eigenvalue weighted by Gasteiger charge is 2.11. The molecule has 0 saturated carbocycles. The fourth-order valence-corrected chi connectivity index (χ4v) is 1.72. The van der Waals surface area contributed by atoms with Gasteiger partial charge in [-0.3, -0.25) is 4.79 Å². The van der Waals surface area contributed by atoms with E-state index < -0.39 is 0 Å². The van der Waals surface area contributed by atoms with Gasteiger partial charge in [-0.1, -0.05) is 23.7 Å². The summed E-state index contributed by atoms with van der Waals surface area (Å²) in [6.07, 6.45) is 0. The monoisotopic (exact) mass is 262 g/mol. The van der Waals surface area contributed by atoms with Crippen LogP contribution in [0.3, 0.4) is 0 Å². The number of phenolic OH excluding ortho intramolecular Hbond substituents is 1. The van der Waals surface area contributed by atoms with Crippen LogP contribution in [0, 0.1) is 0 Å². The number of hydrogen-bond acceptors (Lipinski definition) is 3. The number of carbonyl (C=O) groups is 1. The number of hydrogen-bond donors (Lipinski definition) is 3. The van der Waals surface area contributed by atoms with Crippen molar-refractivity contribution >= 4 is 28.9 Å². The molecule has 2 rings (SSSR count). The van der Waals surface area contributed by atoms with E-state index in [1.165, 1.54) is 18.2 Å². The number of amides is 1. The fraction of sp³-hybridized carbons (Fsp3) is 0. The first kappa shape index (κ1) is 12.3. The Kier molecular flexibility index (Phi) is 3.39. The maximum absolute atomic E-state index is 12.0. The number of halogens is 1. The number of nitrogens with two attached hydrogens (primary N) is 1. The van der Waals surface area contributed by atoms with Crippen LogP contribution in [0.4, 0.5) is 11.4 Å². The van der Waals surface area contributed by atoms with Crippen LogP contribution in [0.2, 0.25) is 5.02 Å². The van der Waals surface area contributed by atoms with Crippen molar-refractivity contribution in [1.82, 2.24) is 0 Å². The average molecular weight is 263 g/mol. The highest BCUT2D eigenvalue weighted by Crippen LogP contribution is 2.24. The molecule has 0 aliphatic heterocycles. The van der Waals surface area contributed by atoms with Gasteiger partial charge in [-0.15, -0.1) is 0 Å². The lowest BCUT2D eigenvalue weighted by atomic mass is 10.2. The highest BCUT2D eigenvalue weighted by atomic mass is 35.5. The standard InChI is InChI=1S/C13H11ClN2O2/c14-10-4-2-1-3-9(10)13(18)16-12-6-5-8(17)7-11(12)15/h1-7,17H,15H2,(H,16,18). The van der Waals surface area contributed by atoms with E-state index >= 15 is 0 Å². The molecule has 0 fully saturated rings. The second-order valence-electron chi connectivity index (χ2n) is 3.71. The summed E-state index contributed by atoms with van der Waals surface area (Å²) >= 11 is 5.92. The first-order valence-corrected chi connectivity index (χ1v) is 5.60. The zero-order valence-corrected chi connectivity index (χ0v) is 10.1. The highest BCUT2D eigenvalue weighted by molar-refractivity contribution is 6.34. The van der Waals surface area contributed by atoms with Crippen molar-refractivity contribution in [1.29, 1.82) is 0 Å². The molecule has 0 radical (unpaired) electrons. The van der Waals surface area contributed by atoms with Gasteiger partial charge in [-0.25, -0.2) is 0 Å². The molecular formula is C13H11ClN2O2. The summed E-state index contributed by atoms with van der Waals surface area (Å²) < 4.78 is 0. The SMILES string of the molecule is Nc1cc(O)ccc1NC(=O)c1ccccc1Cl. The van der Waals surface area contributed by atoms with Crippen LogP contribution < -0.4 is 11.1 Å². The topological polar surface area (TPSA) is 75.3 Å². The van der Waals surface area contributed by atoms with Crippen LogP contribution in [-0.4, -0.2) is 11.0 Å². The van der Waals surface area contributed by atoms with Gasteiger partial charge in [-0.2, -0.15) is 0 Å². The van der Waals surface area contributed by atoms with E-state index in [4.69, 9.17) is 17.3 Å². The molecule has 0 aromatic heterocycles. The molecular weight excluding hydrogens is 252 g/mol. The summed E-state index contributed by atoms with van der Waals surface area (Å²) in [6.45, 7) is 0. The minimum atomic E-state index is -0.349. The van der Waals surface area contributed by atoms with Crippen LogP contribution >= 0.6 is 11.6 Å². The Balaban J connectivity index is 2.24. The van der Waals surface area contributed by atoms with Crippen molar-refractivity contribution in [3.63, 3.8) is 0 Å². The molecule has 2 aromatic rings. The van der Waals surface area contributed by atoms with Crippen LogP contribution in [-0.2, 0) is 0 Å². The van der Waals surface area contributed by atoms with Gasteiger partial charge >= 0.3 is 0 Å². The van der Waals surface area contributed by atoms with E-state index in [1.54, 1.807) is 24.3 Å². The average Bonchev–Trinajstić information content (AvgIpc) is 2.33. The number of nitrogen functional groups attached to an aromatic ring is 1. The van der Waals surface area contributed by atoms with Crippen LogP contribution in [0.25, 0.3) is 0 Å². The van der Waals surface area contributed by atoms with E-state index in [0.29, 0.717) is 16.3 Å². The second-order valence-corrected chi connectivity index (χ2v) is 4.11. The van der Waals surface area contributed by atoms with Crippen molar-refractivity contribution in [3.8, 4) is 5.75 Å². The largest absolute Gasteiger partial charge is 0.508 e. The summed E-state index contributed by atoms with van der Waals surface area (Å²) in [6, 6.07) is 11.1. The van der Waals surface area contributed by atoms with Crippen LogP contribution in [0.1, 0.15) is 10.4 Å². The molecule has 0 heterocycles. The van der Waals surface area contributed by atoms with E-state index in [2.05, 4.69) is 5.32 Å². The summed E-state index contributed by atoms with van der Waals surface area (Å²) in [5.41, 5.74) is 6.76. The summed E-state index contributed by atoms with van der Waals surface area (Å²) in [7, 11) is 0. The smallest absolute Gasteiger partial charge is 0.257 e. The molecule has 0 saturated heterocycles. The molecule has 4 nitrogen and oxygen atoms in total. The number of phenols is 1. The zero-order chi connectivity index (χ0) is 13.1. The normalized spacial score (nSPS) is 10.1. The van der Waals surface area contributed by atoms with Crippen molar-refractivity contribution in [2.45, 2.75) is 0 Å². The van der Waals surface area contributed by atoms with Gasteiger partial charge in [0.2, 0.25) is 0 Å². The van der Waals surface area contributed by atoms with Gasteiger partial charge in [0.05, 0.1) is 22.0 Å². The minimum Gasteiger partial charge on any atom is -0.508 e. The Morgan fingerprint density at radius 1 is 1.22 bits per heavy atom. The molecule has 2 aromatic carbocycles. The molecule has 0 aliphatic carbocycles. The van der Waals surface area contributed by atoms with Crippen LogP contribution in [0.5, 0.6) is 5.75 Å². The molecule has 0 bridgehead atoms. The van der Waals surface area contributed by atoms with Crippen molar-refractivity contribution < 1.29 is 9.90 Å². The fourth-order valence-electron chi connectivity index (χ4n) is 1.50. The Bertz CT molecular complexity index is 599. The second kappa shape index (κ2) is 4.98. The number of anilines is 2. The van der Waals surface area contributed by atoms with Crippen molar-refractivity contribution in [2.75, 3.05) is 11.1 Å². The lowest BCUT2D eigenvalue weighted by Gasteiger charge is -2.09. The Labute approximate surface area is 109 Å². The van der Waals surface area contributed by atoms with Crippen LogP contribution in [0.15, 0.2) is 42.5 Å². The third-order valence-corrected chi connectivity index (χ3v) is 2.73. The number of carbonyl (C=O) groups excluding carboxylic acids is 1. The third-order valence-electron chi connectivity index (χ3n) is 2.40. The Hall–Kier alpha value is -2.20. The molecule has 92 valence electrons. The number of benzene rings is 2. The predicted molar refractivity (Wildman–Crippen MR) is 71.9 cm³/mol. The van der Waals surface area contributed by atoms with Gasteiger partial charge in [0.25, 0.3) is 5.91 Å². The first-order chi connectivity index (χ1) is 8.58. The van der Waals surface area contributed by atoms with E-state index in [1.807, 2.05) is 0 Å². The maximum Gasteiger partial charge on any atom is 0.257 e. The Morgan fingerprint density at radius 2 is 1.94 bits per heavy atom. The van der Waals surface area contributed by atoms with Gasteiger partial charge in [0.15, 0.2) is 0 Å². The number of nitrogens with one attached hydrogen (secondary N) is 1. The summed E-state index contributed by atoms with van der Waals surface area (Å²) in [4.78, 5) is 12.0. The molecule has 0 spiro atoms. The van der Waals surface area contributed by atoms with E-state index in [-0.39, 0.29) is 17.3 Å². The molecule has 18 heavy (non-hydrogen) atoms. The molecule has 1 amide bonds. The Morgan fingerprint density at radius 3 is 2.61 bits per heavy atom. The first-order valence-electron chi connectivity index (χ1n) is 5.22. The van der Waals surface area contributed by atoms with Gasteiger partial charge in [0.1, 0.15) is 5.75 Å². The van der Waals surface area contributed by atoms with Crippen molar-refractivity contribution in [2.24, 2.45) is 0 Å². The quantitative estimate of drug-likeness (QED) is 0.575. The minimum absolute atomic E-state index is 0.0447. The zero-order valence-electron chi connectivity index (χ0n) is 9.35. The summed E-state index contributed by atoms with van der Waals surface area (Å²) in [5.74, 6) is -0.304. The molecule has 5 heteroatoms. The number of aromatic hydroxyl groups is 1.